The van der Waals surface area contributed by atoms with E-state index in [9.17, 15) is 4.39 Å². The largest absolute Gasteiger partial charge is 0.207 e. The van der Waals surface area contributed by atoms with Crippen molar-refractivity contribution in [3.8, 4) is 0 Å². The Morgan fingerprint density at radius 1 is 0.952 bits per heavy atom. The highest BCUT2D eigenvalue weighted by atomic mass is 35.5. The summed E-state index contributed by atoms with van der Waals surface area (Å²) in [5.74, 6) is 0.190. The second kappa shape index (κ2) is 7.19. The fourth-order valence-corrected chi connectivity index (χ4v) is 3.41. The van der Waals surface area contributed by atoms with Gasteiger partial charge in [-0.2, -0.15) is 0 Å². The van der Waals surface area contributed by atoms with Crippen LogP contribution in [0.1, 0.15) is 11.1 Å². The summed E-state index contributed by atoms with van der Waals surface area (Å²) in [7, 11) is 0. The SMILES string of the molecule is Fc1cccc(C(CCl)(CCl)Cc2cc(Cl)ccc2Cl)c1. The Labute approximate surface area is 143 Å². The van der Waals surface area contributed by atoms with Gasteiger partial charge in [0.2, 0.25) is 0 Å². The summed E-state index contributed by atoms with van der Waals surface area (Å²) in [5, 5.41) is 1.18. The van der Waals surface area contributed by atoms with E-state index in [1.807, 2.05) is 6.07 Å². The monoisotopic (exact) mass is 364 g/mol. The lowest BCUT2D eigenvalue weighted by Crippen LogP contribution is -2.33. The first kappa shape index (κ1) is 16.9. The summed E-state index contributed by atoms with van der Waals surface area (Å²) in [6, 6.07) is 11.6. The van der Waals surface area contributed by atoms with Gasteiger partial charge in [-0.25, -0.2) is 4.39 Å². The third kappa shape index (κ3) is 3.84. The van der Waals surface area contributed by atoms with Crippen molar-refractivity contribution in [1.82, 2.24) is 0 Å². The zero-order valence-corrected chi connectivity index (χ0v) is 14.1. The third-order valence-electron chi connectivity index (χ3n) is 3.49. The molecule has 0 bridgehead atoms. The van der Waals surface area contributed by atoms with Gasteiger partial charge in [-0.3, -0.25) is 0 Å². The van der Waals surface area contributed by atoms with Crippen LogP contribution in [0.3, 0.4) is 0 Å². The molecule has 0 aliphatic heterocycles. The molecule has 0 amide bonds. The van der Waals surface area contributed by atoms with Crippen LogP contribution in [-0.2, 0) is 11.8 Å². The van der Waals surface area contributed by atoms with Crippen molar-refractivity contribution in [3.63, 3.8) is 0 Å². The maximum absolute atomic E-state index is 13.5. The average molecular weight is 366 g/mol. The Hall–Kier alpha value is -0.470. The maximum atomic E-state index is 13.5. The number of halogens is 5. The Kier molecular flexibility index (Phi) is 5.79. The summed E-state index contributed by atoms with van der Waals surface area (Å²) in [6.07, 6.45) is 0.489. The van der Waals surface area contributed by atoms with E-state index in [0.717, 1.165) is 11.1 Å². The third-order valence-corrected chi connectivity index (χ3v) is 5.11. The van der Waals surface area contributed by atoms with Gasteiger partial charge >= 0.3 is 0 Å². The number of alkyl halides is 2. The van der Waals surface area contributed by atoms with E-state index < -0.39 is 5.41 Å². The van der Waals surface area contributed by atoms with Crippen LogP contribution in [0.4, 0.5) is 4.39 Å². The van der Waals surface area contributed by atoms with Crippen molar-refractivity contribution in [2.24, 2.45) is 0 Å². The zero-order chi connectivity index (χ0) is 15.5. The van der Waals surface area contributed by atoms with E-state index in [1.165, 1.54) is 12.1 Å². The lowest BCUT2D eigenvalue weighted by Gasteiger charge is -2.31. The van der Waals surface area contributed by atoms with E-state index in [-0.39, 0.29) is 17.6 Å². The molecule has 0 saturated heterocycles. The Morgan fingerprint density at radius 2 is 1.67 bits per heavy atom. The summed E-state index contributed by atoms with van der Waals surface area (Å²) in [5.41, 5.74) is 0.998. The van der Waals surface area contributed by atoms with Crippen LogP contribution < -0.4 is 0 Å². The molecular weight excluding hydrogens is 353 g/mol. The minimum Gasteiger partial charge on any atom is -0.207 e. The highest BCUT2D eigenvalue weighted by molar-refractivity contribution is 6.33. The maximum Gasteiger partial charge on any atom is 0.123 e. The fraction of sp³-hybridized carbons (Fsp3) is 0.250. The number of benzene rings is 2. The quantitative estimate of drug-likeness (QED) is 0.562. The summed E-state index contributed by atoms with van der Waals surface area (Å²) in [4.78, 5) is 0. The fourth-order valence-electron chi connectivity index (χ4n) is 2.25. The van der Waals surface area contributed by atoms with Crippen molar-refractivity contribution in [1.29, 1.82) is 0 Å². The van der Waals surface area contributed by atoms with Gasteiger partial charge in [0.15, 0.2) is 0 Å². The molecule has 0 N–H and O–H groups in total. The first-order valence-electron chi connectivity index (χ1n) is 6.33. The summed E-state index contributed by atoms with van der Waals surface area (Å²) < 4.78 is 13.5. The topological polar surface area (TPSA) is 0 Å². The number of hydrogen-bond donors (Lipinski definition) is 0. The lowest BCUT2D eigenvalue weighted by atomic mass is 9.78. The molecule has 0 fully saturated rings. The van der Waals surface area contributed by atoms with E-state index >= 15 is 0 Å². The van der Waals surface area contributed by atoms with Gasteiger partial charge in [-0.05, 0) is 47.9 Å². The molecule has 0 saturated carbocycles. The molecule has 0 radical (unpaired) electrons. The molecule has 0 atom stereocenters. The van der Waals surface area contributed by atoms with Crippen LogP contribution in [0.5, 0.6) is 0 Å². The first-order chi connectivity index (χ1) is 10.0. The Morgan fingerprint density at radius 3 is 2.29 bits per heavy atom. The van der Waals surface area contributed by atoms with Crippen LogP contribution in [0.2, 0.25) is 10.0 Å². The molecule has 0 unspecified atom stereocenters. The normalized spacial score (nSPS) is 11.7. The molecule has 0 aliphatic carbocycles. The van der Waals surface area contributed by atoms with E-state index in [1.54, 1.807) is 24.3 Å². The Bertz CT molecular complexity index is 623. The Balaban J connectivity index is 2.45. The summed E-state index contributed by atoms with van der Waals surface area (Å²) >= 11 is 24.6. The first-order valence-corrected chi connectivity index (χ1v) is 8.15. The zero-order valence-electron chi connectivity index (χ0n) is 11.1. The standard InChI is InChI=1S/C16H13Cl4F/c17-9-16(10-18,12-2-1-3-14(21)7-12)8-11-6-13(19)4-5-15(11)20/h1-7H,8-10H2. The highest BCUT2D eigenvalue weighted by Crippen LogP contribution is 2.35. The molecular formula is C16H13Cl4F. The van der Waals surface area contributed by atoms with E-state index in [0.29, 0.717) is 16.5 Å². The molecule has 112 valence electrons. The van der Waals surface area contributed by atoms with Gasteiger partial charge in [-0.1, -0.05) is 35.3 Å². The van der Waals surface area contributed by atoms with Gasteiger partial charge in [-0.15, -0.1) is 23.2 Å². The van der Waals surface area contributed by atoms with Crippen LogP contribution in [0.15, 0.2) is 42.5 Å². The predicted octanol–water partition coefficient (Wildman–Crippen LogP) is 6.09. The minimum atomic E-state index is -0.598. The molecule has 0 heterocycles. The van der Waals surface area contributed by atoms with Crippen molar-refractivity contribution < 1.29 is 4.39 Å². The number of rotatable bonds is 5. The van der Waals surface area contributed by atoms with Gasteiger partial charge < -0.3 is 0 Å². The van der Waals surface area contributed by atoms with E-state index in [4.69, 9.17) is 46.4 Å². The molecule has 5 heteroatoms. The van der Waals surface area contributed by atoms with Crippen molar-refractivity contribution >= 4 is 46.4 Å². The van der Waals surface area contributed by atoms with Gasteiger partial charge in [0, 0.05) is 27.2 Å². The number of hydrogen-bond acceptors (Lipinski definition) is 0. The minimum absolute atomic E-state index is 0.253. The molecule has 0 aliphatic rings. The second-order valence-corrected chi connectivity index (χ2v) is 6.35. The second-order valence-electron chi connectivity index (χ2n) is 4.97. The van der Waals surface area contributed by atoms with Crippen LogP contribution in [0.25, 0.3) is 0 Å². The molecule has 0 spiro atoms. The smallest absolute Gasteiger partial charge is 0.123 e. The molecule has 21 heavy (non-hydrogen) atoms. The summed E-state index contributed by atoms with van der Waals surface area (Å²) in [6.45, 7) is 0. The highest BCUT2D eigenvalue weighted by Gasteiger charge is 2.32. The molecule has 0 aromatic heterocycles. The van der Waals surface area contributed by atoms with Crippen LogP contribution in [-0.4, -0.2) is 11.8 Å². The van der Waals surface area contributed by atoms with Crippen molar-refractivity contribution in [3.05, 3.63) is 69.5 Å². The van der Waals surface area contributed by atoms with Gasteiger partial charge in [0.1, 0.15) is 5.82 Å². The average Bonchev–Trinajstić information content (AvgIpc) is 2.48. The van der Waals surface area contributed by atoms with Crippen molar-refractivity contribution in [2.75, 3.05) is 11.8 Å². The van der Waals surface area contributed by atoms with Gasteiger partial charge in [0.25, 0.3) is 0 Å². The molecule has 2 aromatic rings. The van der Waals surface area contributed by atoms with Crippen molar-refractivity contribution in [2.45, 2.75) is 11.8 Å². The van der Waals surface area contributed by atoms with Crippen LogP contribution >= 0.6 is 46.4 Å². The predicted molar refractivity (Wildman–Crippen MR) is 89.7 cm³/mol. The lowest BCUT2D eigenvalue weighted by molar-refractivity contribution is 0.528. The molecule has 0 nitrogen and oxygen atoms in total. The van der Waals surface area contributed by atoms with Crippen LogP contribution in [0, 0.1) is 5.82 Å². The van der Waals surface area contributed by atoms with Gasteiger partial charge in [0.05, 0.1) is 0 Å². The van der Waals surface area contributed by atoms with E-state index in [2.05, 4.69) is 0 Å². The molecule has 2 aromatic carbocycles. The molecule has 2 rings (SSSR count).